The molecule has 0 rings (SSSR count). The van der Waals surface area contributed by atoms with Gasteiger partial charge in [-0.1, -0.05) is 65.2 Å². The molecule has 0 aliphatic carbocycles. The molecule has 7 heteroatoms. The lowest BCUT2D eigenvalue weighted by atomic mass is 9.99. The molecule has 0 aromatic heterocycles. The van der Waals surface area contributed by atoms with Crippen LogP contribution in [0.15, 0.2) is 0 Å². The molecular formula is C34H70O7. The van der Waals surface area contributed by atoms with Gasteiger partial charge in [0.2, 0.25) is 0 Å². The summed E-state index contributed by atoms with van der Waals surface area (Å²) in [4.78, 5) is 0. The van der Waals surface area contributed by atoms with Gasteiger partial charge in [-0.3, -0.25) is 0 Å². The van der Waals surface area contributed by atoms with Gasteiger partial charge in [0.1, 0.15) is 13.6 Å². The molecule has 0 bridgehead atoms. The van der Waals surface area contributed by atoms with Gasteiger partial charge in [0.25, 0.3) is 0 Å². The summed E-state index contributed by atoms with van der Waals surface area (Å²) in [6.07, 6.45) is 20.2. The van der Waals surface area contributed by atoms with Crippen LogP contribution in [0.1, 0.15) is 143 Å². The molecule has 0 amide bonds. The Kier molecular flexibility index (Phi) is 32.4. The fraction of sp³-hybridized carbons (Fsp3) is 1.00. The lowest BCUT2D eigenvalue weighted by Crippen LogP contribution is -2.08. The van der Waals surface area contributed by atoms with E-state index in [1.165, 1.54) is 51.4 Å². The number of hydrogen-bond acceptors (Lipinski definition) is 7. The summed E-state index contributed by atoms with van der Waals surface area (Å²) in [5.74, 6) is 1.15. The monoisotopic (exact) mass is 591 g/mol. The minimum absolute atomic E-state index is 0.193. The van der Waals surface area contributed by atoms with Crippen molar-refractivity contribution in [3.63, 3.8) is 0 Å². The summed E-state index contributed by atoms with van der Waals surface area (Å²) in [6.45, 7) is 13.7. The minimum Gasteiger partial charge on any atom is -0.393 e. The van der Waals surface area contributed by atoms with Crippen LogP contribution in [0.4, 0.5) is 0 Å². The molecule has 2 N–H and O–H groups in total. The van der Waals surface area contributed by atoms with Crippen molar-refractivity contribution in [2.24, 2.45) is 11.8 Å². The molecule has 0 saturated carbocycles. The topological polar surface area (TPSA) is 86.6 Å². The number of ether oxygens (including phenoxy) is 5. The first-order valence-electron chi connectivity index (χ1n) is 17.2. The van der Waals surface area contributed by atoms with E-state index in [4.69, 9.17) is 23.7 Å². The Bertz CT molecular complexity index is 448. The molecule has 248 valence electrons. The third-order valence-electron chi connectivity index (χ3n) is 7.45. The van der Waals surface area contributed by atoms with Crippen LogP contribution in [0.2, 0.25) is 0 Å². The molecule has 0 aromatic rings. The van der Waals surface area contributed by atoms with Crippen LogP contribution < -0.4 is 0 Å². The molecule has 0 aromatic carbocycles. The zero-order chi connectivity index (χ0) is 30.2. The predicted octanol–water partition coefficient (Wildman–Crippen LogP) is 8.04. The van der Waals surface area contributed by atoms with Crippen LogP contribution in [-0.4, -0.2) is 75.6 Å². The lowest BCUT2D eigenvalue weighted by Gasteiger charge is -2.13. The van der Waals surface area contributed by atoms with Gasteiger partial charge in [0.05, 0.1) is 12.2 Å². The summed E-state index contributed by atoms with van der Waals surface area (Å²) in [7, 11) is 0. The smallest absolute Gasteiger partial charge is 0.149 e. The van der Waals surface area contributed by atoms with Crippen molar-refractivity contribution < 1.29 is 33.9 Å². The molecule has 41 heavy (non-hydrogen) atoms. The lowest BCUT2D eigenvalue weighted by molar-refractivity contribution is -0.131. The Morgan fingerprint density at radius 2 is 0.659 bits per heavy atom. The van der Waals surface area contributed by atoms with Gasteiger partial charge in [0, 0.05) is 39.6 Å². The molecule has 0 spiro atoms. The highest BCUT2D eigenvalue weighted by Crippen LogP contribution is 2.14. The van der Waals surface area contributed by atoms with Crippen molar-refractivity contribution in [2.45, 2.75) is 155 Å². The molecular weight excluding hydrogens is 520 g/mol. The van der Waals surface area contributed by atoms with Gasteiger partial charge in [0.15, 0.2) is 0 Å². The van der Waals surface area contributed by atoms with Crippen molar-refractivity contribution in [3.8, 4) is 0 Å². The molecule has 0 saturated heterocycles. The van der Waals surface area contributed by atoms with Crippen molar-refractivity contribution in [2.75, 3.05) is 53.2 Å². The van der Waals surface area contributed by atoms with Crippen LogP contribution >= 0.6 is 0 Å². The minimum atomic E-state index is -0.193. The molecule has 0 radical (unpaired) electrons. The van der Waals surface area contributed by atoms with E-state index >= 15 is 0 Å². The normalized spacial score (nSPS) is 14.8. The Morgan fingerprint density at radius 1 is 0.366 bits per heavy atom. The highest BCUT2D eigenvalue weighted by molar-refractivity contribution is 4.58. The van der Waals surface area contributed by atoms with E-state index in [9.17, 15) is 10.2 Å². The van der Waals surface area contributed by atoms with E-state index in [0.29, 0.717) is 25.4 Å². The summed E-state index contributed by atoms with van der Waals surface area (Å²) >= 11 is 0. The van der Waals surface area contributed by atoms with Gasteiger partial charge >= 0.3 is 0 Å². The van der Waals surface area contributed by atoms with Crippen LogP contribution in [0, 0.1) is 11.8 Å². The van der Waals surface area contributed by atoms with Gasteiger partial charge in [-0.25, -0.2) is 0 Å². The maximum atomic E-state index is 9.39. The van der Waals surface area contributed by atoms with E-state index in [1.807, 2.05) is 13.8 Å². The Balaban J connectivity index is 3.10. The average molecular weight is 591 g/mol. The van der Waals surface area contributed by atoms with Gasteiger partial charge in [-0.05, 0) is 89.9 Å². The Morgan fingerprint density at radius 3 is 1.00 bits per heavy atom. The van der Waals surface area contributed by atoms with Crippen molar-refractivity contribution in [3.05, 3.63) is 0 Å². The number of unbranched alkanes of at least 4 members (excludes halogenated alkanes) is 10. The van der Waals surface area contributed by atoms with Crippen molar-refractivity contribution in [1.82, 2.24) is 0 Å². The number of aliphatic hydroxyl groups is 2. The second-order valence-corrected chi connectivity index (χ2v) is 12.4. The maximum Gasteiger partial charge on any atom is 0.149 e. The first kappa shape index (κ1) is 40.7. The van der Waals surface area contributed by atoms with Gasteiger partial charge in [-0.15, -0.1) is 0 Å². The number of rotatable bonds is 34. The largest absolute Gasteiger partial charge is 0.393 e. The molecule has 7 nitrogen and oxygen atoms in total. The first-order valence-corrected chi connectivity index (χ1v) is 17.2. The van der Waals surface area contributed by atoms with E-state index in [2.05, 4.69) is 13.8 Å². The number of hydrogen-bond donors (Lipinski definition) is 2. The Hall–Kier alpha value is -0.280. The molecule has 0 aliphatic heterocycles. The fourth-order valence-electron chi connectivity index (χ4n) is 5.17. The summed E-state index contributed by atoms with van der Waals surface area (Å²) in [5, 5.41) is 18.8. The second-order valence-electron chi connectivity index (χ2n) is 12.4. The van der Waals surface area contributed by atoms with Gasteiger partial charge in [-0.2, -0.15) is 0 Å². The third-order valence-corrected chi connectivity index (χ3v) is 7.45. The van der Waals surface area contributed by atoms with Crippen LogP contribution in [0.5, 0.6) is 0 Å². The van der Waals surface area contributed by atoms with Crippen LogP contribution in [-0.2, 0) is 23.7 Å². The van der Waals surface area contributed by atoms with E-state index in [1.54, 1.807) is 0 Å². The highest BCUT2D eigenvalue weighted by Gasteiger charge is 2.06. The number of aliphatic hydroxyl groups excluding tert-OH is 2. The third kappa shape index (κ3) is 35.8. The highest BCUT2D eigenvalue weighted by atomic mass is 16.7. The summed E-state index contributed by atoms with van der Waals surface area (Å²) in [5.41, 5.74) is 0. The second kappa shape index (κ2) is 32.6. The van der Waals surface area contributed by atoms with Gasteiger partial charge < -0.3 is 33.9 Å². The standard InChI is InChI=1S/C34H70O7/c1-31(27-33(3)35)19-17-25-37-21-13-9-5-7-11-15-23-39-29-41-30-40-24-16-12-8-6-10-14-22-38-26-18-20-32(2)28-34(4)36/h31-36H,5-30H2,1-4H3. The summed E-state index contributed by atoms with van der Waals surface area (Å²) in [6, 6.07) is 0. The maximum absolute atomic E-state index is 9.39. The molecule has 4 unspecified atom stereocenters. The zero-order valence-corrected chi connectivity index (χ0v) is 27.6. The van der Waals surface area contributed by atoms with Crippen LogP contribution in [0.25, 0.3) is 0 Å². The first-order chi connectivity index (χ1) is 19.9. The zero-order valence-electron chi connectivity index (χ0n) is 27.6. The fourth-order valence-corrected chi connectivity index (χ4v) is 5.17. The van der Waals surface area contributed by atoms with Crippen LogP contribution in [0.3, 0.4) is 0 Å². The molecule has 0 fully saturated rings. The predicted molar refractivity (Wildman–Crippen MR) is 169 cm³/mol. The molecule has 4 atom stereocenters. The van der Waals surface area contributed by atoms with Crippen molar-refractivity contribution in [1.29, 1.82) is 0 Å². The van der Waals surface area contributed by atoms with E-state index in [0.717, 1.165) is 104 Å². The summed E-state index contributed by atoms with van der Waals surface area (Å²) < 4.78 is 27.9. The molecule has 0 aliphatic rings. The average Bonchev–Trinajstić information content (AvgIpc) is 2.91. The van der Waals surface area contributed by atoms with E-state index < -0.39 is 0 Å². The molecule has 0 heterocycles. The van der Waals surface area contributed by atoms with E-state index in [-0.39, 0.29) is 12.2 Å². The quantitative estimate of drug-likeness (QED) is 0.0579. The SMILES string of the molecule is CC(O)CC(C)CCCOCCCCCCCCOCOCOCCCCCCCCOCCCC(C)CC(C)O. The Labute approximate surface area is 254 Å². The van der Waals surface area contributed by atoms with Crippen molar-refractivity contribution >= 4 is 0 Å².